The van der Waals surface area contributed by atoms with Crippen LogP contribution in [0, 0.1) is 5.41 Å². The van der Waals surface area contributed by atoms with Crippen LogP contribution in [0.25, 0.3) is 0 Å². The minimum absolute atomic E-state index is 0.158. The molecule has 2 fully saturated rings. The Morgan fingerprint density at radius 1 is 0.718 bits per heavy atom. The molecule has 2 aliphatic rings. The number of nitrogens with one attached hydrogen (secondary N) is 1. The number of aliphatic hydroxyl groups excluding tert-OH is 2. The van der Waals surface area contributed by atoms with Crippen LogP contribution in [0.5, 0.6) is 0 Å². The van der Waals surface area contributed by atoms with Gasteiger partial charge in [0, 0.05) is 78.5 Å². The molecule has 2 rings (SSSR count). The fraction of sp³-hybridized carbons (Fsp3) is 0.955. The molecular formula is C22H49N7O8S2. The van der Waals surface area contributed by atoms with Crippen molar-refractivity contribution in [1.82, 2.24) is 24.5 Å². The molecule has 0 spiro atoms. The Morgan fingerprint density at radius 2 is 1.05 bits per heavy atom. The van der Waals surface area contributed by atoms with Crippen LogP contribution in [0.2, 0.25) is 0 Å². The first-order chi connectivity index (χ1) is 18.3. The zero-order valence-corrected chi connectivity index (χ0v) is 25.0. The van der Waals surface area contributed by atoms with E-state index in [1.807, 2.05) is 29.9 Å². The monoisotopic (exact) mass is 603 g/mol. The lowest BCUT2D eigenvalue weighted by Crippen LogP contribution is -2.48. The van der Waals surface area contributed by atoms with Gasteiger partial charge in [-0.05, 0) is 27.1 Å². The largest absolute Gasteiger partial charge is 0.395 e. The summed E-state index contributed by atoms with van der Waals surface area (Å²) in [6.07, 6.45) is 1.01. The van der Waals surface area contributed by atoms with Gasteiger partial charge in [-0.1, -0.05) is 0 Å². The second kappa shape index (κ2) is 21.6. The molecule has 15 nitrogen and oxygen atoms in total. The average Bonchev–Trinajstić information content (AvgIpc) is 2.86. The Balaban J connectivity index is 0.000000576. The van der Waals surface area contributed by atoms with Gasteiger partial charge in [-0.15, -0.1) is 0 Å². The van der Waals surface area contributed by atoms with Gasteiger partial charge >= 0.3 is 0 Å². The molecule has 0 aromatic carbocycles. The molecule has 0 saturated carbocycles. The van der Waals surface area contributed by atoms with Crippen LogP contribution < -0.4 is 0 Å². The zero-order valence-electron chi connectivity index (χ0n) is 23.4. The van der Waals surface area contributed by atoms with Crippen molar-refractivity contribution in [3.05, 3.63) is 0 Å². The van der Waals surface area contributed by atoms with Crippen molar-refractivity contribution in [3.63, 3.8) is 0 Å². The molecule has 0 aliphatic carbocycles. The molecule has 0 unspecified atom stereocenters. The minimum atomic E-state index is -3.84. The Bertz CT molecular complexity index is 813. The first kappa shape index (κ1) is 37.9. The standard InChI is InChI=1S/2C8H18N2O4S.C6H13N3/c2*11-7-5-9-1-3-10(4-2-9)6-8-15(12,13)14;1-9(2)5-3-4-8-6-7/h2*11H,1-8H2,(H,12,13,14);7H,3-5H2,1-2H3. The van der Waals surface area contributed by atoms with E-state index in [0.717, 1.165) is 71.9 Å². The van der Waals surface area contributed by atoms with Gasteiger partial charge in [0.05, 0.1) is 37.3 Å². The summed E-state index contributed by atoms with van der Waals surface area (Å²) >= 11 is 0. The number of piperazine rings is 2. The molecule has 2 heterocycles. The summed E-state index contributed by atoms with van der Waals surface area (Å²) < 4.78 is 59.3. The fourth-order valence-corrected chi connectivity index (χ4v) is 4.74. The molecule has 0 amide bonds. The summed E-state index contributed by atoms with van der Waals surface area (Å²) in [6, 6.07) is 2.00. The molecular weight excluding hydrogens is 554 g/mol. The van der Waals surface area contributed by atoms with E-state index in [9.17, 15) is 16.8 Å². The molecule has 2 saturated heterocycles. The Morgan fingerprint density at radius 3 is 1.31 bits per heavy atom. The third-order valence-corrected chi connectivity index (χ3v) is 7.44. The summed E-state index contributed by atoms with van der Waals surface area (Å²) in [4.78, 5) is 14.0. The highest BCUT2D eigenvalue weighted by atomic mass is 32.2. The number of nitrogens with zero attached hydrogens (tertiary/aromatic N) is 6. The molecule has 0 aromatic rings. The highest BCUT2D eigenvalue weighted by Gasteiger charge is 2.18. The molecule has 39 heavy (non-hydrogen) atoms. The van der Waals surface area contributed by atoms with E-state index in [1.165, 1.54) is 0 Å². The van der Waals surface area contributed by atoms with E-state index in [0.29, 0.717) is 26.2 Å². The van der Waals surface area contributed by atoms with Gasteiger partial charge in [-0.2, -0.15) is 16.8 Å². The molecule has 2 aliphatic heterocycles. The number of aliphatic imine (C=N–C) groups is 1. The maximum atomic E-state index is 10.5. The quantitative estimate of drug-likeness (QED) is 0.0804. The zero-order chi connectivity index (χ0) is 29.7. The average molecular weight is 604 g/mol. The number of β-amino-alcohol motifs (C(OH)–C–C–N with tert-alkyl or cyclic N) is 2. The van der Waals surface area contributed by atoms with Gasteiger partial charge < -0.3 is 15.1 Å². The first-order valence-electron chi connectivity index (χ1n) is 13.0. The van der Waals surface area contributed by atoms with Gasteiger partial charge in [0.2, 0.25) is 0 Å². The molecule has 0 bridgehead atoms. The van der Waals surface area contributed by atoms with Crippen LogP contribution >= 0.6 is 0 Å². The summed E-state index contributed by atoms with van der Waals surface area (Å²) in [6.45, 7) is 10.7. The number of hydrogen-bond donors (Lipinski definition) is 5. The van der Waals surface area contributed by atoms with Crippen molar-refractivity contribution in [2.45, 2.75) is 6.42 Å². The summed E-state index contributed by atoms with van der Waals surface area (Å²) in [5, 5.41) is 23.9. The van der Waals surface area contributed by atoms with Crippen molar-refractivity contribution in [1.29, 1.82) is 5.41 Å². The SMILES string of the molecule is CN(C)CCCN=C=N.O=S(=O)(O)CCN1CCN(CCO)CC1.O=S(=O)(O)CCN1CCN(CCO)CC1. The van der Waals surface area contributed by atoms with Gasteiger partial charge in [0.25, 0.3) is 20.2 Å². The Hall–Kier alpha value is -1.08. The summed E-state index contributed by atoms with van der Waals surface area (Å²) in [5.41, 5.74) is 0. The Labute approximate surface area is 234 Å². The van der Waals surface area contributed by atoms with Crippen LogP contribution in [0.1, 0.15) is 6.42 Å². The minimum Gasteiger partial charge on any atom is -0.395 e. The van der Waals surface area contributed by atoms with E-state index < -0.39 is 20.2 Å². The van der Waals surface area contributed by atoms with Gasteiger partial charge in [-0.25, -0.2) is 10.4 Å². The molecule has 0 atom stereocenters. The van der Waals surface area contributed by atoms with Crippen LogP contribution in [0.15, 0.2) is 4.99 Å². The number of hydrogen-bond acceptors (Lipinski definition) is 13. The first-order valence-corrected chi connectivity index (χ1v) is 16.3. The highest BCUT2D eigenvalue weighted by Crippen LogP contribution is 2.02. The van der Waals surface area contributed by atoms with Crippen LogP contribution in [-0.2, 0) is 20.2 Å². The van der Waals surface area contributed by atoms with Crippen molar-refractivity contribution < 1.29 is 36.2 Å². The number of rotatable bonds is 14. The van der Waals surface area contributed by atoms with Crippen molar-refractivity contribution in [3.8, 4) is 0 Å². The molecule has 232 valence electrons. The molecule has 0 aromatic heterocycles. The summed E-state index contributed by atoms with van der Waals surface area (Å²) in [7, 11) is -3.64. The third kappa shape index (κ3) is 24.4. The molecule has 17 heteroatoms. The lowest BCUT2D eigenvalue weighted by atomic mass is 10.3. The molecule has 0 radical (unpaired) electrons. The highest BCUT2D eigenvalue weighted by molar-refractivity contribution is 7.86. The van der Waals surface area contributed by atoms with E-state index in [-0.39, 0.29) is 24.7 Å². The van der Waals surface area contributed by atoms with Gasteiger partial charge in [0.15, 0.2) is 0 Å². The predicted molar refractivity (Wildman–Crippen MR) is 151 cm³/mol. The summed E-state index contributed by atoms with van der Waals surface area (Å²) in [5.74, 6) is -0.403. The molecule has 5 N–H and O–H groups in total. The van der Waals surface area contributed by atoms with Gasteiger partial charge in [0.1, 0.15) is 0 Å². The normalized spacial score (nSPS) is 18.0. The van der Waals surface area contributed by atoms with Gasteiger partial charge in [-0.3, -0.25) is 28.7 Å². The fourth-order valence-electron chi connectivity index (χ4n) is 3.77. The van der Waals surface area contributed by atoms with E-state index in [2.05, 4.69) is 19.7 Å². The van der Waals surface area contributed by atoms with Crippen LogP contribution in [0.3, 0.4) is 0 Å². The smallest absolute Gasteiger partial charge is 0.266 e. The van der Waals surface area contributed by atoms with E-state index in [1.54, 1.807) is 0 Å². The van der Waals surface area contributed by atoms with E-state index >= 15 is 0 Å². The lowest BCUT2D eigenvalue weighted by Gasteiger charge is -2.33. The maximum Gasteiger partial charge on any atom is 0.266 e. The Kier molecular flexibility index (Phi) is 21.0. The topological polar surface area (TPSA) is 202 Å². The second-order valence-electron chi connectivity index (χ2n) is 9.54. The van der Waals surface area contributed by atoms with Crippen LogP contribution in [0.4, 0.5) is 0 Å². The predicted octanol–water partition coefficient (Wildman–Crippen LogP) is -2.34. The van der Waals surface area contributed by atoms with Crippen LogP contribution in [-0.4, -0.2) is 197 Å². The maximum absolute atomic E-state index is 10.5. The third-order valence-electron chi connectivity index (χ3n) is 6.05. The number of aliphatic hydroxyl groups is 2. The van der Waals surface area contributed by atoms with Crippen molar-refractivity contribution >= 4 is 26.2 Å². The van der Waals surface area contributed by atoms with Crippen molar-refractivity contribution in [2.24, 2.45) is 4.99 Å². The second-order valence-corrected chi connectivity index (χ2v) is 12.7. The van der Waals surface area contributed by atoms with Crippen molar-refractivity contribution in [2.75, 3.05) is 130 Å². The van der Waals surface area contributed by atoms with E-state index in [4.69, 9.17) is 24.7 Å². The lowest BCUT2D eigenvalue weighted by molar-refractivity contribution is 0.116.